The Balaban J connectivity index is 2.20. The molecule has 0 amide bonds. The van der Waals surface area contributed by atoms with Crippen LogP contribution in [0.5, 0.6) is 17.2 Å². The molecule has 17 heavy (non-hydrogen) atoms. The third-order valence-corrected chi connectivity index (χ3v) is 2.95. The van der Waals surface area contributed by atoms with Crippen LogP contribution in [-0.2, 0) is 0 Å². The Morgan fingerprint density at radius 1 is 1.06 bits per heavy atom. The fourth-order valence-corrected chi connectivity index (χ4v) is 2.13. The van der Waals surface area contributed by atoms with E-state index >= 15 is 0 Å². The van der Waals surface area contributed by atoms with Gasteiger partial charge in [-0.25, -0.2) is 0 Å². The Morgan fingerprint density at radius 2 is 1.82 bits per heavy atom. The van der Waals surface area contributed by atoms with E-state index in [2.05, 4.69) is 0 Å². The Hall–Kier alpha value is -2.00. The van der Waals surface area contributed by atoms with E-state index in [4.69, 9.17) is 9.47 Å². The van der Waals surface area contributed by atoms with Gasteiger partial charge in [0.25, 0.3) is 0 Å². The fourth-order valence-electron chi connectivity index (χ4n) is 2.13. The number of rotatable bonds is 1. The Labute approximate surface area is 99.2 Å². The highest BCUT2D eigenvalue weighted by Gasteiger charge is 2.28. The molecule has 0 saturated carbocycles. The zero-order chi connectivity index (χ0) is 11.8. The SMILES string of the molecule is COc1cccc2c1C(O)c1ccccc1O2. The molecule has 0 bridgehead atoms. The summed E-state index contributed by atoms with van der Waals surface area (Å²) in [6, 6.07) is 13.0. The molecule has 0 aromatic heterocycles. The summed E-state index contributed by atoms with van der Waals surface area (Å²) >= 11 is 0. The van der Waals surface area contributed by atoms with Gasteiger partial charge in [0.15, 0.2) is 0 Å². The van der Waals surface area contributed by atoms with Gasteiger partial charge in [0.05, 0.1) is 12.7 Å². The van der Waals surface area contributed by atoms with Crippen LogP contribution in [0.25, 0.3) is 0 Å². The van der Waals surface area contributed by atoms with Gasteiger partial charge in [-0.15, -0.1) is 0 Å². The molecule has 1 aliphatic heterocycles. The maximum atomic E-state index is 10.4. The molecule has 3 heteroatoms. The number of para-hydroxylation sites is 1. The highest BCUT2D eigenvalue weighted by molar-refractivity contribution is 5.56. The summed E-state index contributed by atoms with van der Waals surface area (Å²) in [6.45, 7) is 0. The predicted octanol–water partition coefficient (Wildman–Crippen LogP) is 2.88. The zero-order valence-corrected chi connectivity index (χ0v) is 9.38. The number of ether oxygens (including phenoxy) is 2. The number of aliphatic hydroxyl groups excluding tert-OH is 1. The van der Waals surface area contributed by atoms with E-state index < -0.39 is 6.10 Å². The summed E-state index contributed by atoms with van der Waals surface area (Å²) in [5.74, 6) is 1.99. The number of hydrogen-bond donors (Lipinski definition) is 1. The first-order chi connectivity index (χ1) is 8.31. The largest absolute Gasteiger partial charge is 0.496 e. The molecule has 1 N–H and O–H groups in total. The molecular formula is C14H12O3. The van der Waals surface area contributed by atoms with Crippen molar-refractivity contribution in [2.75, 3.05) is 7.11 Å². The summed E-state index contributed by atoms with van der Waals surface area (Å²) in [5, 5.41) is 10.4. The van der Waals surface area contributed by atoms with Crippen LogP contribution in [0.2, 0.25) is 0 Å². The second-order valence-electron chi connectivity index (χ2n) is 3.91. The van der Waals surface area contributed by atoms with Gasteiger partial charge >= 0.3 is 0 Å². The molecule has 3 rings (SSSR count). The number of hydrogen-bond acceptors (Lipinski definition) is 3. The van der Waals surface area contributed by atoms with E-state index in [1.54, 1.807) is 7.11 Å². The second kappa shape index (κ2) is 3.79. The molecule has 3 nitrogen and oxygen atoms in total. The van der Waals surface area contributed by atoms with Crippen molar-refractivity contribution in [1.29, 1.82) is 0 Å². The summed E-state index contributed by atoms with van der Waals surface area (Å²) in [4.78, 5) is 0. The van der Waals surface area contributed by atoms with Crippen molar-refractivity contribution in [2.45, 2.75) is 6.10 Å². The molecule has 1 aliphatic rings. The van der Waals surface area contributed by atoms with Crippen LogP contribution in [0.4, 0.5) is 0 Å². The number of benzene rings is 2. The van der Waals surface area contributed by atoms with E-state index in [-0.39, 0.29) is 0 Å². The lowest BCUT2D eigenvalue weighted by Gasteiger charge is -2.26. The molecule has 0 spiro atoms. The van der Waals surface area contributed by atoms with Gasteiger partial charge in [0, 0.05) is 5.56 Å². The molecular weight excluding hydrogens is 216 g/mol. The van der Waals surface area contributed by atoms with Crippen molar-refractivity contribution in [1.82, 2.24) is 0 Å². The predicted molar refractivity (Wildman–Crippen MR) is 63.6 cm³/mol. The molecule has 2 aromatic rings. The summed E-state index contributed by atoms with van der Waals surface area (Å²) in [7, 11) is 1.59. The van der Waals surface area contributed by atoms with E-state index in [0.717, 1.165) is 5.56 Å². The van der Waals surface area contributed by atoms with Gasteiger partial charge in [-0.3, -0.25) is 0 Å². The first-order valence-electron chi connectivity index (χ1n) is 5.43. The lowest BCUT2D eigenvalue weighted by atomic mass is 9.96. The Kier molecular flexibility index (Phi) is 2.27. The molecule has 0 radical (unpaired) electrons. The zero-order valence-electron chi connectivity index (χ0n) is 9.38. The van der Waals surface area contributed by atoms with Crippen molar-refractivity contribution < 1.29 is 14.6 Å². The molecule has 1 atom stereocenters. The molecule has 0 saturated heterocycles. The highest BCUT2D eigenvalue weighted by atomic mass is 16.5. The van der Waals surface area contributed by atoms with Crippen LogP contribution in [-0.4, -0.2) is 12.2 Å². The first-order valence-corrected chi connectivity index (χ1v) is 5.43. The van der Waals surface area contributed by atoms with Crippen molar-refractivity contribution >= 4 is 0 Å². The van der Waals surface area contributed by atoms with Gasteiger partial charge < -0.3 is 14.6 Å². The average molecular weight is 228 g/mol. The molecule has 1 heterocycles. The van der Waals surface area contributed by atoms with Gasteiger partial charge in [-0.2, -0.15) is 0 Å². The molecule has 1 unspecified atom stereocenters. The third kappa shape index (κ3) is 1.47. The van der Waals surface area contributed by atoms with Gasteiger partial charge in [0.2, 0.25) is 0 Å². The summed E-state index contributed by atoms with van der Waals surface area (Å²) in [6.07, 6.45) is -0.703. The van der Waals surface area contributed by atoms with Crippen molar-refractivity contribution in [3.8, 4) is 17.2 Å². The third-order valence-electron chi connectivity index (χ3n) is 2.95. The Bertz CT molecular complexity index is 563. The van der Waals surface area contributed by atoms with Crippen molar-refractivity contribution in [2.24, 2.45) is 0 Å². The maximum absolute atomic E-state index is 10.4. The van der Waals surface area contributed by atoms with Gasteiger partial charge in [-0.1, -0.05) is 24.3 Å². The molecule has 2 aromatic carbocycles. The lowest BCUT2D eigenvalue weighted by Crippen LogP contribution is -2.10. The van der Waals surface area contributed by atoms with Crippen LogP contribution in [0, 0.1) is 0 Å². The van der Waals surface area contributed by atoms with E-state index in [9.17, 15) is 5.11 Å². The molecule has 0 fully saturated rings. The number of fused-ring (bicyclic) bond motifs is 2. The molecule has 0 aliphatic carbocycles. The smallest absolute Gasteiger partial charge is 0.137 e. The minimum Gasteiger partial charge on any atom is -0.496 e. The first kappa shape index (κ1) is 10.2. The average Bonchev–Trinajstić information content (AvgIpc) is 2.38. The number of aliphatic hydroxyl groups is 1. The number of methoxy groups -OCH3 is 1. The normalized spacial score (nSPS) is 16.7. The Morgan fingerprint density at radius 3 is 2.65 bits per heavy atom. The quantitative estimate of drug-likeness (QED) is 0.815. The van der Waals surface area contributed by atoms with Crippen LogP contribution < -0.4 is 9.47 Å². The maximum Gasteiger partial charge on any atom is 0.137 e. The van der Waals surface area contributed by atoms with Crippen LogP contribution in [0.1, 0.15) is 17.2 Å². The van der Waals surface area contributed by atoms with Crippen LogP contribution >= 0.6 is 0 Å². The van der Waals surface area contributed by atoms with Crippen molar-refractivity contribution in [3.05, 3.63) is 53.6 Å². The summed E-state index contributed by atoms with van der Waals surface area (Å²) < 4.78 is 11.0. The highest BCUT2D eigenvalue weighted by Crippen LogP contribution is 2.46. The van der Waals surface area contributed by atoms with Crippen LogP contribution in [0.3, 0.4) is 0 Å². The lowest BCUT2D eigenvalue weighted by molar-refractivity contribution is 0.197. The van der Waals surface area contributed by atoms with E-state index in [1.807, 2.05) is 42.5 Å². The fraction of sp³-hybridized carbons (Fsp3) is 0.143. The minimum absolute atomic E-state index is 0.643. The monoisotopic (exact) mass is 228 g/mol. The van der Waals surface area contributed by atoms with Crippen molar-refractivity contribution in [3.63, 3.8) is 0 Å². The minimum atomic E-state index is -0.703. The van der Waals surface area contributed by atoms with Gasteiger partial charge in [0.1, 0.15) is 23.4 Å². The topological polar surface area (TPSA) is 38.7 Å². The molecule has 86 valence electrons. The van der Waals surface area contributed by atoms with E-state index in [1.165, 1.54) is 0 Å². The van der Waals surface area contributed by atoms with Gasteiger partial charge in [-0.05, 0) is 18.2 Å². The van der Waals surface area contributed by atoms with E-state index in [0.29, 0.717) is 22.8 Å². The second-order valence-corrected chi connectivity index (χ2v) is 3.91. The van der Waals surface area contributed by atoms with Crippen LogP contribution in [0.15, 0.2) is 42.5 Å². The summed E-state index contributed by atoms with van der Waals surface area (Å²) in [5.41, 5.74) is 1.46. The standard InChI is InChI=1S/C14H12O3/c1-16-11-7-4-8-12-13(11)14(15)9-5-2-3-6-10(9)17-12/h2-8,14-15H,1H3.